The van der Waals surface area contributed by atoms with Crippen molar-refractivity contribution in [2.75, 3.05) is 58.3 Å². The van der Waals surface area contributed by atoms with Crippen molar-refractivity contribution in [3.63, 3.8) is 0 Å². The molecule has 1 aromatic carbocycles. The summed E-state index contributed by atoms with van der Waals surface area (Å²) in [6.45, 7) is 8.52. The van der Waals surface area contributed by atoms with Gasteiger partial charge in [0.25, 0.3) is 0 Å². The number of aromatic nitrogens is 1. The van der Waals surface area contributed by atoms with E-state index in [2.05, 4.69) is 68.6 Å². The van der Waals surface area contributed by atoms with Crippen molar-refractivity contribution in [2.45, 2.75) is 26.0 Å². The highest BCUT2D eigenvalue weighted by Gasteiger charge is 2.15. The summed E-state index contributed by atoms with van der Waals surface area (Å²) < 4.78 is 5.94. The Morgan fingerprint density at radius 1 is 1.13 bits per heavy atom. The minimum atomic E-state index is 0.111. The van der Waals surface area contributed by atoms with Crippen LogP contribution in [0.5, 0.6) is 0 Å². The molecule has 1 aliphatic rings. The molecule has 3 rings (SSSR count). The van der Waals surface area contributed by atoms with E-state index in [9.17, 15) is 0 Å². The molecule has 7 heteroatoms. The number of ether oxygens (including phenoxy) is 1. The summed E-state index contributed by atoms with van der Waals surface area (Å²) >= 11 is 0. The SMILES string of the molecule is CN=C(NCCCOC(C)c1ccccc1)NCc1ccnc(N2CCN(C)CC2)c1. The molecule has 0 spiro atoms. The Kier molecular flexibility index (Phi) is 9.12. The number of hydrogen-bond acceptors (Lipinski definition) is 5. The zero-order valence-corrected chi connectivity index (χ0v) is 19.1. The van der Waals surface area contributed by atoms with Crippen LogP contribution >= 0.6 is 0 Å². The van der Waals surface area contributed by atoms with Gasteiger partial charge >= 0.3 is 0 Å². The topological polar surface area (TPSA) is 65.0 Å². The molecule has 1 saturated heterocycles. The minimum absolute atomic E-state index is 0.111. The largest absolute Gasteiger partial charge is 0.374 e. The fourth-order valence-corrected chi connectivity index (χ4v) is 3.54. The maximum atomic E-state index is 5.94. The summed E-state index contributed by atoms with van der Waals surface area (Å²) in [6, 6.07) is 14.5. The fraction of sp³-hybridized carbons (Fsp3) is 0.500. The molecule has 1 aromatic heterocycles. The number of nitrogens with one attached hydrogen (secondary N) is 2. The van der Waals surface area contributed by atoms with Crippen molar-refractivity contribution in [2.24, 2.45) is 4.99 Å². The molecule has 31 heavy (non-hydrogen) atoms. The third-order valence-electron chi connectivity index (χ3n) is 5.57. The number of hydrogen-bond donors (Lipinski definition) is 2. The van der Waals surface area contributed by atoms with Gasteiger partial charge in [0.2, 0.25) is 0 Å². The summed E-state index contributed by atoms with van der Waals surface area (Å²) in [4.78, 5) is 13.6. The van der Waals surface area contributed by atoms with Crippen molar-refractivity contribution in [3.8, 4) is 0 Å². The number of piperazine rings is 1. The highest BCUT2D eigenvalue weighted by atomic mass is 16.5. The summed E-state index contributed by atoms with van der Waals surface area (Å²) in [6.07, 6.45) is 2.92. The summed E-state index contributed by atoms with van der Waals surface area (Å²) in [5.74, 6) is 1.86. The summed E-state index contributed by atoms with van der Waals surface area (Å²) in [5.41, 5.74) is 2.41. The molecule has 0 aliphatic carbocycles. The Labute approximate surface area is 186 Å². The average molecular weight is 425 g/mol. The summed E-state index contributed by atoms with van der Waals surface area (Å²) in [5, 5.41) is 6.76. The minimum Gasteiger partial charge on any atom is -0.374 e. The Morgan fingerprint density at radius 2 is 1.90 bits per heavy atom. The maximum absolute atomic E-state index is 5.94. The van der Waals surface area contributed by atoms with Crippen molar-refractivity contribution in [1.82, 2.24) is 20.5 Å². The highest BCUT2D eigenvalue weighted by Crippen LogP contribution is 2.16. The molecule has 2 N–H and O–H groups in total. The molecule has 0 bridgehead atoms. The van der Waals surface area contributed by atoms with E-state index >= 15 is 0 Å². The van der Waals surface area contributed by atoms with Gasteiger partial charge in [-0.2, -0.15) is 0 Å². The lowest BCUT2D eigenvalue weighted by atomic mass is 10.1. The first kappa shape index (κ1) is 23.0. The predicted octanol–water partition coefficient (Wildman–Crippen LogP) is 2.67. The van der Waals surface area contributed by atoms with Crippen LogP contribution < -0.4 is 15.5 Å². The number of aliphatic imine (C=N–C) groups is 1. The molecule has 2 heterocycles. The van der Waals surface area contributed by atoms with Gasteiger partial charge in [-0.15, -0.1) is 0 Å². The molecule has 1 aliphatic heterocycles. The summed E-state index contributed by atoms with van der Waals surface area (Å²) in [7, 11) is 3.96. The lowest BCUT2D eigenvalue weighted by Crippen LogP contribution is -2.44. The number of nitrogens with zero attached hydrogens (tertiary/aromatic N) is 4. The van der Waals surface area contributed by atoms with E-state index in [1.54, 1.807) is 7.05 Å². The van der Waals surface area contributed by atoms with E-state index in [1.165, 1.54) is 11.1 Å². The molecule has 7 nitrogen and oxygen atoms in total. The first-order valence-corrected chi connectivity index (χ1v) is 11.1. The Hall–Kier alpha value is -2.64. The average Bonchev–Trinajstić information content (AvgIpc) is 2.82. The number of anilines is 1. The van der Waals surface area contributed by atoms with E-state index in [1.807, 2.05) is 24.4 Å². The lowest BCUT2D eigenvalue weighted by Gasteiger charge is -2.33. The van der Waals surface area contributed by atoms with E-state index in [0.717, 1.165) is 50.9 Å². The predicted molar refractivity (Wildman–Crippen MR) is 128 cm³/mol. The quantitative estimate of drug-likeness (QED) is 0.367. The zero-order chi connectivity index (χ0) is 21.9. The second-order valence-electron chi connectivity index (χ2n) is 7.94. The van der Waals surface area contributed by atoms with Crippen LogP contribution in [0.3, 0.4) is 0 Å². The maximum Gasteiger partial charge on any atom is 0.191 e. The Balaban J connectivity index is 1.36. The van der Waals surface area contributed by atoms with E-state index in [0.29, 0.717) is 13.2 Å². The van der Waals surface area contributed by atoms with Crippen LogP contribution in [0, 0.1) is 0 Å². The van der Waals surface area contributed by atoms with E-state index in [4.69, 9.17) is 4.74 Å². The van der Waals surface area contributed by atoms with Crippen LogP contribution in [0.4, 0.5) is 5.82 Å². The van der Waals surface area contributed by atoms with Gasteiger partial charge in [0.05, 0.1) is 6.10 Å². The van der Waals surface area contributed by atoms with Gasteiger partial charge in [-0.25, -0.2) is 4.98 Å². The van der Waals surface area contributed by atoms with Gasteiger partial charge in [0.1, 0.15) is 5.82 Å². The smallest absolute Gasteiger partial charge is 0.191 e. The molecular weight excluding hydrogens is 388 g/mol. The van der Waals surface area contributed by atoms with Crippen LogP contribution in [0.15, 0.2) is 53.7 Å². The van der Waals surface area contributed by atoms with Gasteiger partial charge in [-0.3, -0.25) is 4.99 Å². The van der Waals surface area contributed by atoms with Crippen molar-refractivity contribution in [1.29, 1.82) is 0 Å². The first-order chi connectivity index (χ1) is 15.2. The van der Waals surface area contributed by atoms with Gasteiger partial charge in [0.15, 0.2) is 5.96 Å². The Morgan fingerprint density at radius 3 is 2.65 bits per heavy atom. The second-order valence-corrected chi connectivity index (χ2v) is 7.94. The Bertz CT molecular complexity index is 805. The van der Waals surface area contributed by atoms with E-state index in [-0.39, 0.29) is 6.10 Å². The van der Waals surface area contributed by atoms with Gasteiger partial charge < -0.3 is 25.2 Å². The molecular formula is C24H36N6O. The monoisotopic (exact) mass is 424 g/mol. The van der Waals surface area contributed by atoms with Crippen LogP contribution in [-0.2, 0) is 11.3 Å². The molecule has 1 atom stereocenters. The van der Waals surface area contributed by atoms with Gasteiger partial charge in [0, 0.05) is 59.1 Å². The number of guanidine groups is 1. The number of likely N-dealkylation sites (N-methyl/N-ethyl adjacent to an activating group) is 1. The third-order valence-corrected chi connectivity index (χ3v) is 5.57. The zero-order valence-electron chi connectivity index (χ0n) is 19.1. The molecule has 0 saturated carbocycles. The van der Waals surface area contributed by atoms with Crippen LogP contribution in [0.25, 0.3) is 0 Å². The number of benzene rings is 1. The molecule has 0 amide bonds. The fourth-order valence-electron chi connectivity index (χ4n) is 3.54. The van der Waals surface area contributed by atoms with Crippen molar-refractivity contribution >= 4 is 11.8 Å². The lowest BCUT2D eigenvalue weighted by molar-refractivity contribution is 0.0646. The second kappa shape index (κ2) is 12.3. The van der Waals surface area contributed by atoms with Gasteiger partial charge in [-0.05, 0) is 43.7 Å². The molecule has 168 valence electrons. The normalized spacial score (nSPS) is 16.2. The number of pyridine rings is 1. The molecule has 2 aromatic rings. The van der Waals surface area contributed by atoms with Crippen molar-refractivity contribution < 1.29 is 4.74 Å². The van der Waals surface area contributed by atoms with E-state index < -0.39 is 0 Å². The van der Waals surface area contributed by atoms with Crippen LogP contribution in [0.2, 0.25) is 0 Å². The third kappa shape index (κ3) is 7.52. The van der Waals surface area contributed by atoms with Crippen LogP contribution in [-0.4, -0.2) is 69.3 Å². The highest BCUT2D eigenvalue weighted by molar-refractivity contribution is 5.79. The number of rotatable bonds is 9. The van der Waals surface area contributed by atoms with Gasteiger partial charge in [-0.1, -0.05) is 30.3 Å². The van der Waals surface area contributed by atoms with Crippen LogP contribution in [0.1, 0.15) is 30.6 Å². The first-order valence-electron chi connectivity index (χ1n) is 11.1. The standard InChI is InChI=1S/C24H36N6O/c1-20(22-8-5-4-6-9-22)31-17-7-11-27-24(25-2)28-19-21-10-12-26-23(18-21)30-15-13-29(3)14-16-30/h4-6,8-10,12,18,20H,7,11,13-17,19H2,1-3H3,(H2,25,27,28). The molecule has 1 unspecified atom stereocenters. The molecule has 0 radical (unpaired) electrons. The molecule has 1 fully saturated rings. The van der Waals surface area contributed by atoms with Crippen molar-refractivity contribution in [3.05, 3.63) is 59.8 Å².